The minimum absolute atomic E-state index is 0.0332. The summed E-state index contributed by atoms with van der Waals surface area (Å²) in [5.74, 6) is -1.06. The lowest BCUT2D eigenvalue weighted by Gasteiger charge is -2.51. The average Bonchev–Trinajstić information content (AvgIpc) is 3.51. The lowest BCUT2D eigenvalue weighted by molar-refractivity contribution is -0.137. The third kappa shape index (κ3) is 5.00. The molecule has 4 fully saturated rings. The molecule has 1 spiro atoms. The number of aromatic nitrogens is 3. The summed E-state index contributed by atoms with van der Waals surface area (Å²) in [5, 5.41) is -0.240. The molecule has 4 aliphatic heterocycles. The molecule has 3 saturated heterocycles. The molecule has 1 saturated carbocycles. The molecule has 45 heavy (non-hydrogen) atoms. The maximum atomic E-state index is 16.9. The fourth-order valence-corrected chi connectivity index (χ4v) is 7.19. The number of hydrogen-bond donors (Lipinski definition) is 1. The van der Waals surface area contributed by atoms with Crippen molar-refractivity contribution >= 4 is 34.1 Å². The van der Waals surface area contributed by atoms with Gasteiger partial charge in [-0.25, -0.2) is 9.37 Å². The van der Waals surface area contributed by atoms with Crippen molar-refractivity contribution in [3.8, 4) is 23.0 Å². The van der Waals surface area contributed by atoms with Crippen LogP contribution in [0.3, 0.4) is 0 Å². The molecular weight excluding hydrogens is 620 g/mol. The van der Waals surface area contributed by atoms with E-state index < -0.39 is 34.4 Å². The van der Waals surface area contributed by atoms with Gasteiger partial charge < -0.3 is 34.5 Å². The maximum Gasteiger partial charge on any atom is 0.418 e. The quantitative estimate of drug-likeness (QED) is 0.355. The van der Waals surface area contributed by atoms with Crippen LogP contribution >= 0.6 is 11.6 Å². The van der Waals surface area contributed by atoms with Crippen molar-refractivity contribution in [1.82, 2.24) is 19.9 Å². The number of nitrogens with zero attached hydrogens (tertiary/aromatic N) is 5. The molecule has 15 heteroatoms. The molecule has 6 heterocycles. The van der Waals surface area contributed by atoms with E-state index >= 15 is 4.39 Å². The molecule has 8 rings (SSSR count). The summed E-state index contributed by atoms with van der Waals surface area (Å²) in [6.45, 7) is 4.04. The monoisotopic (exact) mass is 652 g/mol. The van der Waals surface area contributed by atoms with Gasteiger partial charge in [-0.05, 0) is 45.5 Å². The van der Waals surface area contributed by atoms with Crippen molar-refractivity contribution in [3.05, 3.63) is 28.0 Å². The molecule has 1 aromatic carbocycles. The lowest BCUT2D eigenvalue weighted by atomic mass is 9.71. The summed E-state index contributed by atoms with van der Waals surface area (Å²) in [4.78, 5) is 17.3. The van der Waals surface area contributed by atoms with Gasteiger partial charge in [0.2, 0.25) is 0 Å². The number of halogens is 5. The smallest absolute Gasteiger partial charge is 0.418 e. The van der Waals surface area contributed by atoms with E-state index in [0.717, 1.165) is 18.9 Å². The molecule has 2 aromatic heterocycles. The van der Waals surface area contributed by atoms with E-state index in [1.54, 1.807) is 0 Å². The van der Waals surface area contributed by atoms with Gasteiger partial charge in [0.15, 0.2) is 11.6 Å². The van der Waals surface area contributed by atoms with Crippen LogP contribution in [0, 0.1) is 18.2 Å². The zero-order valence-electron chi connectivity index (χ0n) is 25.1. The molecule has 0 atom stereocenters. The molecule has 10 nitrogen and oxygen atoms in total. The standard InChI is InChI=1S/C30H33ClF4N6O4/c1-15-8-17(36)37-23(20(15)30(33,34)35)18-21(31)25-19-24(22(18)32)38-27(45-12-28-9-16(10-28)44-11-28)39-26(19)41(6-5-40(2)3)29(4-7-43-25)13-42-14-29/h8,16H,4-7,9-14H2,1-3H3,(H2,36,37). The van der Waals surface area contributed by atoms with Gasteiger partial charge in [-0.1, -0.05) is 11.6 Å². The highest BCUT2D eigenvalue weighted by atomic mass is 35.5. The van der Waals surface area contributed by atoms with Crippen molar-refractivity contribution in [1.29, 1.82) is 0 Å². The fourth-order valence-electron chi connectivity index (χ4n) is 6.87. The van der Waals surface area contributed by atoms with Crippen LogP contribution in [0.1, 0.15) is 30.4 Å². The van der Waals surface area contributed by atoms with E-state index in [2.05, 4.69) is 14.9 Å². The predicted octanol–water partition coefficient (Wildman–Crippen LogP) is 4.87. The van der Waals surface area contributed by atoms with Crippen molar-refractivity contribution in [2.24, 2.45) is 5.41 Å². The van der Waals surface area contributed by atoms with Gasteiger partial charge in [0.25, 0.3) is 0 Å². The molecule has 2 N–H and O–H groups in total. The first-order valence-electron chi connectivity index (χ1n) is 14.8. The number of pyridine rings is 1. The number of hydrogen-bond acceptors (Lipinski definition) is 10. The number of anilines is 2. The van der Waals surface area contributed by atoms with Crippen molar-refractivity contribution in [2.45, 2.75) is 44.0 Å². The van der Waals surface area contributed by atoms with Crippen LogP contribution in [0.15, 0.2) is 6.07 Å². The van der Waals surface area contributed by atoms with E-state index in [4.69, 9.17) is 41.3 Å². The third-order valence-electron chi connectivity index (χ3n) is 9.31. The Morgan fingerprint density at radius 2 is 1.93 bits per heavy atom. The summed E-state index contributed by atoms with van der Waals surface area (Å²) in [6.07, 6.45) is -2.50. The minimum Gasteiger partial charge on any atom is -0.491 e. The van der Waals surface area contributed by atoms with Crippen LogP contribution < -0.4 is 20.1 Å². The molecule has 5 aliphatic rings. The Labute approximate surface area is 261 Å². The summed E-state index contributed by atoms with van der Waals surface area (Å²) in [7, 11) is 3.87. The van der Waals surface area contributed by atoms with Crippen LogP contribution in [0.2, 0.25) is 5.02 Å². The first-order valence-corrected chi connectivity index (χ1v) is 15.1. The normalized spacial score (nSPS) is 23.5. The number of fused-ring (bicyclic) bond motifs is 1. The molecule has 0 unspecified atom stereocenters. The highest BCUT2D eigenvalue weighted by Gasteiger charge is 2.53. The van der Waals surface area contributed by atoms with E-state index in [9.17, 15) is 13.2 Å². The van der Waals surface area contributed by atoms with Crippen LogP contribution in [0.25, 0.3) is 22.2 Å². The van der Waals surface area contributed by atoms with Gasteiger partial charge in [-0.15, -0.1) is 0 Å². The number of nitrogen functional groups attached to an aromatic ring is 1. The zero-order valence-corrected chi connectivity index (χ0v) is 25.8. The SMILES string of the molecule is Cc1cc(N)nc(-c2c(Cl)c3c4c(nc(OCC56COC(C5)C6)nc4c2F)N(CCN(C)C)C2(CCO3)COC2)c1C(F)(F)F. The Morgan fingerprint density at radius 3 is 2.56 bits per heavy atom. The highest BCUT2D eigenvalue weighted by molar-refractivity contribution is 6.36. The van der Waals surface area contributed by atoms with E-state index in [1.165, 1.54) is 6.92 Å². The average molecular weight is 653 g/mol. The first kappa shape index (κ1) is 30.5. The van der Waals surface area contributed by atoms with E-state index in [-0.39, 0.29) is 63.8 Å². The number of aryl methyl sites for hydroxylation is 1. The van der Waals surface area contributed by atoms with Crippen molar-refractivity contribution in [3.63, 3.8) is 0 Å². The van der Waals surface area contributed by atoms with Crippen LogP contribution in [-0.4, -0.2) is 91.7 Å². The Kier molecular flexibility index (Phi) is 7.23. The van der Waals surface area contributed by atoms with Crippen LogP contribution in [0.5, 0.6) is 11.8 Å². The predicted molar refractivity (Wildman–Crippen MR) is 158 cm³/mol. The van der Waals surface area contributed by atoms with Gasteiger partial charge in [-0.2, -0.15) is 23.1 Å². The number of benzene rings is 1. The molecule has 3 aromatic rings. The zero-order chi connectivity index (χ0) is 31.9. The Bertz CT molecular complexity index is 1670. The summed E-state index contributed by atoms with van der Waals surface area (Å²) in [6, 6.07) is 0.972. The largest absolute Gasteiger partial charge is 0.491 e. The maximum absolute atomic E-state index is 16.9. The van der Waals surface area contributed by atoms with Gasteiger partial charge in [0.05, 0.1) is 71.9 Å². The third-order valence-corrected chi connectivity index (χ3v) is 9.67. The second-order valence-corrected chi connectivity index (χ2v) is 13.2. The number of alkyl halides is 3. The second-order valence-electron chi connectivity index (χ2n) is 12.9. The topological polar surface area (TPSA) is 108 Å². The van der Waals surface area contributed by atoms with Gasteiger partial charge in [-0.3, -0.25) is 0 Å². The fraction of sp³-hybridized carbons (Fsp3) is 0.567. The van der Waals surface area contributed by atoms with Crippen LogP contribution in [0.4, 0.5) is 29.2 Å². The van der Waals surface area contributed by atoms with Gasteiger partial charge in [0, 0.05) is 24.9 Å². The summed E-state index contributed by atoms with van der Waals surface area (Å²) >= 11 is 6.83. The first-order chi connectivity index (χ1) is 21.3. The number of nitrogens with two attached hydrogens (primary N) is 1. The Hall–Kier alpha value is -3.20. The molecule has 0 amide bonds. The second kappa shape index (κ2) is 10.7. The number of ether oxygens (including phenoxy) is 4. The van der Waals surface area contributed by atoms with Crippen molar-refractivity contribution < 1.29 is 36.5 Å². The molecule has 242 valence electrons. The van der Waals surface area contributed by atoms with E-state index in [0.29, 0.717) is 45.1 Å². The summed E-state index contributed by atoms with van der Waals surface area (Å²) in [5.41, 5.74) is 2.17. The molecule has 1 aliphatic carbocycles. The van der Waals surface area contributed by atoms with E-state index in [1.807, 2.05) is 19.0 Å². The lowest BCUT2D eigenvalue weighted by Crippen LogP contribution is -2.64. The Balaban J connectivity index is 1.48. The molecule has 0 radical (unpaired) electrons. The van der Waals surface area contributed by atoms with Gasteiger partial charge >= 0.3 is 12.2 Å². The minimum atomic E-state index is -4.88. The number of rotatable bonds is 7. The van der Waals surface area contributed by atoms with Crippen LogP contribution in [-0.2, 0) is 15.7 Å². The van der Waals surface area contributed by atoms with Crippen molar-refractivity contribution in [2.75, 3.05) is 70.9 Å². The highest BCUT2D eigenvalue weighted by Crippen LogP contribution is 2.52. The summed E-state index contributed by atoms with van der Waals surface area (Å²) < 4.78 is 83.8. The molecule has 2 bridgehead atoms. The molecular formula is C30H33ClF4N6O4. The van der Waals surface area contributed by atoms with Gasteiger partial charge in [0.1, 0.15) is 17.2 Å². The number of likely N-dealkylation sites (N-methyl/N-ethyl adjacent to an activating group) is 1. The Morgan fingerprint density at radius 1 is 1.18 bits per heavy atom.